The van der Waals surface area contributed by atoms with Crippen LogP contribution in [0.4, 0.5) is 0 Å². The molecular weight excluding hydrogens is 288 g/mol. The number of nitrogens with zero attached hydrogens (tertiary/aromatic N) is 3. The van der Waals surface area contributed by atoms with Gasteiger partial charge in [0, 0.05) is 12.8 Å². The highest BCUT2D eigenvalue weighted by molar-refractivity contribution is 7.99. The molecule has 2 N–H and O–H groups in total. The number of nitrogens with two attached hydrogens (primary N) is 1. The Balaban J connectivity index is 1.75. The molecule has 6 nitrogen and oxygen atoms in total. The van der Waals surface area contributed by atoms with E-state index in [-0.39, 0.29) is 0 Å². The van der Waals surface area contributed by atoms with Crippen molar-refractivity contribution in [2.24, 2.45) is 12.8 Å². The predicted octanol–water partition coefficient (Wildman–Crippen LogP) is 1.84. The number of thioether (sulfide) groups is 1. The summed E-state index contributed by atoms with van der Waals surface area (Å²) >= 11 is 1.60. The fraction of sp³-hybridized carbons (Fsp3) is 0.429. The molecule has 0 atom stereocenters. The Hall–Kier alpha value is -1.73. The summed E-state index contributed by atoms with van der Waals surface area (Å²) in [7, 11) is 1.91. The number of hydrogen-bond acceptors (Lipinski definition) is 6. The quantitative estimate of drug-likeness (QED) is 0.592. The number of aromatic nitrogens is 3. The molecule has 1 heterocycles. The Bertz CT molecular complexity index is 557. The van der Waals surface area contributed by atoms with Crippen molar-refractivity contribution < 1.29 is 9.47 Å². The molecule has 0 saturated carbocycles. The van der Waals surface area contributed by atoms with Gasteiger partial charge in [-0.15, -0.1) is 10.2 Å². The molecule has 1 aromatic heterocycles. The van der Waals surface area contributed by atoms with Crippen LogP contribution in [0.2, 0.25) is 0 Å². The van der Waals surface area contributed by atoms with Gasteiger partial charge in [-0.05, 0) is 31.2 Å². The Morgan fingerprint density at radius 2 is 1.81 bits per heavy atom. The average Bonchev–Trinajstić information content (AvgIpc) is 2.86. The van der Waals surface area contributed by atoms with Gasteiger partial charge in [-0.2, -0.15) is 0 Å². The van der Waals surface area contributed by atoms with E-state index in [1.165, 1.54) is 0 Å². The highest BCUT2D eigenvalue weighted by atomic mass is 32.2. The van der Waals surface area contributed by atoms with Crippen molar-refractivity contribution in [1.82, 2.24) is 14.8 Å². The topological polar surface area (TPSA) is 75.2 Å². The molecule has 0 fully saturated rings. The second-order valence-corrected chi connectivity index (χ2v) is 5.33. The monoisotopic (exact) mass is 308 g/mol. The maximum atomic E-state index is 5.68. The first-order valence-electron chi connectivity index (χ1n) is 6.81. The van der Waals surface area contributed by atoms with Gasteiger partial charge in [0.1, 0.15) is 17.3 Å². The SMILES string of the molecule is CCOc1ccc(OCCSc2nnc(CN)n2C)cc1. The Labute approximate surface area is 128 Å². The maximum Gasteiger partial charge on any atom is 0.191 e. The summed E-state index contributed by atoms with van der Waals surface area (Å²) in [5, 5.41) is 8.95. The summed E-state index contributed by atoms with van der Waals surface area (Å²) in [5.41, 5.74) is 5.56. The summed E-state index contributed by atoms with van der Waals surface area (Å²) in [6, 6.07) is 7.62. The van der Waals surface area contributed by atoms with Crippen LogP contribution in [0.15, 0.2) is 29.4 Å². The van der Waals surface area contributed by atoms with Gasteiger partial charge in [-0.25, -0.2) is 0 Å². The third-order valence-electron chi connectivity index (χ3n) is 2.83. The Kier molecular flexibility index (Phi) is 5.89. The fourth-order valence-electron chi connectivity index (χ4n) is 1.74. The van der Waals surface area contributed by atoms with Gasteiger partial charge in [0.15, 0.2) is 5.16 Å². The number of rotatable bonds is 8. The first kappa shape index (κ1) is 15.7. The predicted molar refractivity (Wildman–Crippen MR) is 82.7 cm³/mol. The summed E-state index contributed by atoms with van der Waals surface area (Å²) in [6.45, 7) is 3.62. The molecule has 1 aromatic carbocycles. The van der Waals surface area contributed by atoms with Gasteiger partial charge in [-0.1, -0.05) is 11.8 Å². The minimum atomic E-state index is 0.396. The van der Waals surface area contributed by atoms with Crippen molar-refractivity contribution in [2.75, 3.05) is 19.0 Å². The van der Waals surface area contributed by atoms with Crippen LogP contribution in [0.1, 0.15) is 12.7 Å². The van der Waals surface area contributed by atoms with Crippen LogP contribution in [0.3, 0.4) is 0 Å². The van der Waals surface area contributed by atoms with Gasteiger partial charge in [0.2, 0.25) is 0 Å². The van der Waals surface area contributed by atoms with Crippen molar-refractivity contribution in [3.63, 3.8) is 0 Å². The zero-order chi connectivity index (χ0) is 15.1. The Morgan fingerprint density at radius 1 is 1.14 bits per heavy atom. The van der Waals surface area contributed by atoms with E-state index in [1.54, 1.807) is 11.8 Å². The summed E-state index contributed by atoms with van der Waals surface area (Å²) in [6.07, 6.45) is 0. The van der Waals surface area contributed by atoms with Gasteiger partial charge in [0.05, 0.1) is 19.8 Å². The highest BCUT2D eigenvalue weighted by Crippen LogP contribution is 2.19. The normalized spacial score (nSPS) is 10.6. The summed E-state index contributed by atoms with van der Waals surface area (Å²) in [4.78, 5) is 0. The lowest BCUT2D eigenvalue weighted by Gasteiger charge is -2.07. The van der Waals surface area contributed by atoms with Crippen molar-refractivity contribution in [1.29, 1.82) is 0 Å². The average molecular weight is 308 g/mol. The molecule has 0 saturated heterocycles. The van der Waals surface area contributed by atoms with Crippen LogP contribution in [0, 0.1) is 0 Å². The number of benzene rings is 1. The molecule has 0 amide bonds. The molecule has 0 radical (unpaired) electrons. The molecular formula is C14H20N4O2S. The van der Waals surface area contributed by atoms with Crippen LogP contribution in [-0.4, -0.2) is 33.7 Å². The molecule has 2 rings (SSSR count). The summed E-state index contributed by atoms with van der Waals surface area (Å²) in [5.74, 6) is 3.27. The third kappa shape index (κ3) is 4.37. The van der Waals surface area contributed by atoms with E-state index in [9.17, 15) is 0 Å². The van der Waals surface area contributed by atoms with E-state index in [4.69, 9.17) is 15.2 Å². The van der Waals surface area contributed by atoms with Gasteiger partial charge in [-0.3, -0.25) is 0 Å². The molecule has 7 heteroatoms. The van der Waals surface area contributed by atoms with Crippen LogP contribution in [0.5, 0.6) is 11.5 Å². The van der Waals surface area contributed by atoms with E-state index in [0.717, 1.165) is 28.2 Å². The molecule has 0 aliphatic carbocycles. The number of ether oxygens (including phenoxy) is 2. The molecule has 21 heavy (non-hydrogen) atoms. The van der Waals surface area contributed by atoms with E-state index in [0.29, 0.717) is 19.8 Å². The Morgan fingerprint density at radius 3 is 2.38 bits per heavy atom. The standard InChI is InChI=1S/C14H20N4O2S/c1-3-19-11-4-6-12(7-5-11)20-8-9-21-14-17-16-13(10-15)18(14)2/h4-7H,3,8-10,15H2,1-2H3. The van der Waals surface area contributed by atoms with Crippen LogP contribution >= 0.6 is 11.8 Å². The van der Waals surface area contributed by atoms with E-state index >= 15 is 0 Å². The minimum absolute atomic E-state index is 0.396. The van der Waals surface area contributed by atoms with E-state index < -0.39 is 0 Å². The maximum absolute atomic E-state index is 5.68. The van der Waals surface area contributed by atoms with Gasteiger partial charge < -0.3 is 19.8 Å². The largest absolute Gasteiger partial charge is 0.494 e. The first-order chi connectivity index (χ1) is 10.2. The molecule has 0 aliphatic rings. The minimum Gasteiger partial charge on any atom is -0.494 e. The van der Waals surface area contributed by atoms with Crippen LogP contribution in [0.25, 0.3) is 0 Å². The van der Waals surface area contributed by atoms with E-state index in [1.807, 2.05) is 42.8 Å². The van der Waals surface area contributed by atoms with Crippen molar-refractivity contribution in [2.45, 2.75) is 18.6 Å². The van der Waals surface area contributed by atoms with Crippen LogP contribution in [-0.2, 0) is 13.6 Å². The molecule has 114 valence electrons. The van der Waals surface area contributed by atoms with Crippen molar-refractivity contribution in [3.05, 3.63) is 30.1 Å². The van der Waals surface area contributed by atoms with Crippen molar-refractivity contribution >= 4 is 11.8 Å². The molecule has 0 spiro atoms. The first-order valence-corrected chi connectivity index (χ1v) is 7.80. The lowest BCUT2D eigenvalue weighted by atomic mass is 10.3. The molecule has 0 bridgehead atoms. The van der Waals surface area contributed by atoms with Gasteiger partial charge in [0.25, 0.3) is 0 Å². The lowest BCUT2D eigenvalue weighted by molar-refractivity contribution is 0.332. The second-order valence-electron chi connectivity index (χ2n) is 4.26. The molecule has 2 aromatic rings. The summed E-state index contributed by atoms with van der Waals surface area (Å²) < 4.78 is 13.0. The van der Waals surface area contributed by atoms with Crippen molar-refractivity contribution in [3.8, 4) is 11.5 Å². The molecule has 0 unspecified atom stereocenters. The van der Waals surface area contributed by atoms with Gasteiger partial charge >= 0.3 is 0 Å². The smallest absolute Gasteiger partial charge is 0.191 e. The molecule has 0 aliphatic heterocycles. The second kappa shape index (κ2) is 7.90. The fourth-order valence-corrected chi connectivity index (χ4v) is 2.49. The lowest BCUT2D eigenvalue weighted by Crippen LogP contribution is -2.06. The zero-order valence-corrected chi connectivity index (χ0v) is 13.1. The van der Waals surface area contributed by atoms with Crippen LogP contribution < -0.4 is 15.2 Å². The number of hydrogen-bond donors (Lipinski definition) is 1. The van der Waals surface area contributed by atoms with E-state index in [2.05, 4.69) is 10.2 Å². The third-order valence-corrected chi connectivity index (χ3v) is 3.81. The zero-order valence-electron chi connectivity index (χ0n) is 12.3. The highest BCUT2D eigenvalue weighted by Gasteiger charge is 2.07.